The fourth-order valence-corrected chi connectivity index (χ4v) is 3.55. The lowest BCUT2D eigenvalue weighted by Crippen LogP contribution is -2.31. The highest BCUT2D eigenvalue weighted by Gasteiger charge is 2.24. The Morgan fingerprint density at radius 2 is 1.29 bits per heavy atom. The number of hydrogen-bond acceptors (Lipinski definition) is 5. The lowest BCUT2D eigenvalue weighted by molar-refractivity contribution is -0.617. The van der Waals surface area contributed by atoms with Crippen molar-refractivity contribution in [1.29, 1.82) is 0 Å². The number of carbonyl (C=O) groups is 1. The molecule has 0 spiro atoms. The van der Waals surface area contributed by atoms with E-state index in [9.17, 15) is 8.68 Å². The van der Waals surface area contributed by atoms with E-state index in [0.29, 0.717) is 11.3 Å². The van der Waals surface area contributed by atoms with Gasteiger partial charge in [0.25, 0.3) is 10.5 Å². The normalized spacial score (nSPS) is 11.1. The van der Waals surface area contributed by atoms with Crippen molar-refractivity contribution < 1.29 is 31.0 Å². The van der Waals surface area contributed by atoms with E-state index in [-0.39, 0.29) is 5.97 Å². The number of aryl methyl sites for hydroxylation is 3. The summed E-state index contributed by atoms with van der Waals surface area (Å²) in [5, 5.41) is 1.79. The summed E-state index contributed by atoms with van der Waals surface area (Å²) in [4.78, 5) is 13.2. The maximum absolute atomic E-state index is 13.2. The lowest BCUT2D eigenvalue weighted by Gasteiger charge is -2.13. The minimum atomic E-state index is -5.42. The van der Waals surface area contributed by atoms with E-state index in [1.807, 2.05) is 87.6 Å². The molecule has 0 aliphatic heterocycles. The average molecular weight is 441 g/mol. The molecule has 0 saturated carbocycles. The van der Waals surface area contributed by atoms with Crippen LogP contribution in [0.2, 0.25) is 0 Å². The fourth-order valence-electron chi connectivity index (χ4n) is 3.55. The van der Waals surface area contributed by atoms with Gasteiger partial charge in [-0.2, -0.15) is 4.57 Å². The maximum Gasteiger partial charge on any atom is 0.345 e. The van der Waals surface area contributed by atoms with E-state index >= 15 is 0 Å². The van der Waals surface area contributed by atoms with Gasteiger partial charge >= 0.3 is 5.97 Å². The van der Waals surface area contributed by atoms with Crippen molar-refractivity contribution in [3.8, 4) is 5.75 Å². The van der Waals surface area contributed by atoms with Crippen LogP contribution in [0.1, 0.15) is 21.5 Å². The van der Waals surface area contributed by atoms with Gasteiger partial charge in [0.15, 0.2) is 0 Å². The third kappa shape index (κ3) is 5.04. The first-order chi connectivity index (χ1) is 14.6. The van der Waals surface area contributed by atoms with Crippen LogP contribution in [0, 0.1) is 13.8 Å². The van der Waals surface area contributed by atoms with Crippen LogP contribution in [0.5, 0.6) is 5.75 Å². The monoisotopic (exact) mass is 441 g/mol. The molecule has 160 valence electrons. The van der Waals surface area contributed by atoms with Gasteiger partial charge in [-0.1, -0.05) is 42.5 Å². The van der Waals surface area contributed by atoms with Crippen LogP contribution in [0.4, 0.5) is 3.89 Å². The maximum atomic E-state index is 13.2. The van der Waals surface area contributed by atoms with Crippen LogP contribution in [0.25, 0.3) is 21.8 Å². The Bertz CT molecular complexity index is 1320. The highest BCUT2D eigenvalue weighted by atomic mass is 32.3. The Labute approximate surface area is 179 Å². The number of nitrogens with zero attached hydrogens (tertiary/aromatic N) is 1. The predicted octanol–water partition coefficient (Wildman–Crippen LogP) is 4.07. The molecule has 0 aliphatic carbocycles. The second kappa shape index (κ2) is 8.79. The molecule has 0 saturated heterocycles. The number of esters is 1. The molecule has 0 N–H and O–H groups in total. The molecule has 1 aromatic heterocycles. The summed E-state index contributed by atoms with van der Waals surface area (Å²) >= 11 is 0. The number of hydrogen-bond donors (Lipinski definition) is 0. The van der Waals surface area contributed by atoms with Gasteiger partial charge in [0, 0.05) is 12.1 Å². The van der Waals surface area contributed by atoms with Gasteiger partial charge in [0.05, 0.1) is 16.3 Å². The molecule has 0 radical (unpaired) electrons. The van der Waals surface area contributed by atoms with Crippen LogP contribution in [-0.4, -0.2) is 18.9 Å². The smallest absolute Gasteiger partial charge is 0.345 e. The first-order valence-corrected chi connectivity index (χ1v) is 10.6. The largest absolute Gasteiger partial charge is 0.722 e. The number of aromatic nitrogens is 1. The zero-order valence-corrected chi connectivity index (χ0v) is 17.9. The van der Waals surface area contributed by atoms with Gasteiger partial charge in [0.2, 0.25) is 11.0 Å². The fraction of sp³-hybridized carbons (Fsp3) is 0.130. The summed E-state index contributed by atoms with van der Waals surface area (Å²) in [5.74, 6) is 0.314. The van der Waals surface area contributed by atoms with Crippen molar-refractivity contribution in [3.05, 3.63) is 83.4 Å². The third-order valence-electron chi connectivity index (χ3n) is 4.88. The van der Waals surface area contributed by atoms with E-state index in [2.05, 4.69) is 4.57 Å². The van der Waals surface area contributed by atoms with E-state index in [0.717, 1.165) is 32.9 Å². The van der Waals surface area contributed by atoms with Gasteiger partial charge in [0.1, 0.15) is 12.8 Å². The third-order valence-corrected chi connectivity index (χ3v) is 4.88. The molecule has 31 heavy (non-hydrogen) atoms. The quantitative estimate of drug-likeness (QED) is 0.117. The summed E-state index contributed by atoms with van der Waals surface area (Å²) in [6, 6.07) is 21.7. The molecule has 0 aliphatic rings. The standard InChI is InChI=1S/C23H20NO2.FHO3S/c1-15-9-8-10-16(2)22(15)26-23(25)21-17-11-4-6-13-19(17)24(3)20-14-7-5-12-18(20)21;1-5(2,3)4/h4-14H,1-3H3;(H,2,3,4)/q+1;/p-1. The van der Waals surface area contributed by atoms with Crippen LogP contribution in [-0.2, 0) is 17.6 Å². The second-order valence-corrected chi connectivity index (χ2v) is 7.76. The van der Waals surface area contributed by atoms with Crippen LogP contribution < -0.4 is 9.30 Å². The zero-order chi connectivity index (χ0) is 22.8. The highest BCUT2D eigenvalue weighted by Crippen LogP contribution is 2.28. The van der Waals surface area contributed by atoms with Crippen LogP contribution in [0.15, 0.2) is 66.7 Å². The van der Waals surface area contributed by atoms with Crippen molar-refractivity contribution in [1.82, 2.24) is 0 Å². The number of carbonyl (C=O) groups excluding carboxylic acids is 1. The van der Waals surface area contributed by atoms with Gasteiger partial charge in [-0.15, -0.1) is 3.89 Å². The summed E-state index contributed by atoms with van der Waals surface area (Å²) < 4.78 is 43.3. The molecule has 0 amide bonds. The Kier molecular flexibility index (Phi) is 6.33. The Morgan fingerprint density at radius 1 is 0.871 bits per heavy atom. The molecule has 0 bridgehead atoms. The van der Waals surface area contributed by atoms with Crippen molar-refractivity contribution >= 4 is 38.3 Å². The number of para-hydroxylation sites is 3. The van der Waals surface area contributed by atoms with Gasteiger partial charge in [-0.05, 0) is 37.1 Å². The zero-order valence-electron chi connectivity index (χ0n) is 17.1. The molecule has 0 atom stereocenters. The molecule has 8 heteroatoms. The summed E-state index contributed by atoms with van der Waals surface area (Å²) in [7, 11) is -3.40. The average Bonchev–Trinajstić information content (AvgIpc) is 2.70. The first kappa shape index (κ1) is 22.3. The van der Waals surface area contributed by atoms with Gasteiger partial charge in [-0.25, -0.2) is 13.2 Å². The summed E-state index contributed by atoms with van der Waals surface area (Å²) in [6.07, 6.45) is 0. The minimum absolute atomic E-state index is 0.324. The number of fused-ring (bicyclic) bond motifs is 2. The molecular formula is C23H20FNO5S. The van der Waals surface area contributed by atoms with E-state index < -0.39 is 10.5 Å². The van der Waals surface area contributed by atoms with Crippen LogP contribution >= 0.6 is 0 Å². The predicted molar refractivity (Wildman–Crippen MR) is 114 cm³/mol. The van der Waals surface area contributed by atoms with Gasteiger partial charge < -0.3 is 9.29 Å². The number of rotatable bonds is 2. The van der Waals surface area contributed by atoms with Crippen LogP contribution in [0.3, 0.4) is 0 Å². The van der Waals surface area contributed by atoms with Gasteiger partial charge in [-0.3, -0.25) is 0 Å². The highest BCUT2D eigenvalue weighted by molar-refractivity contribution is 7.80. The topological polar surface area (TPSA) is 87.4 Å². The SMILES string of the molecule is Cc1cccc(C)c1OC(=O)c1c2ccccc2[n+](C)c2ccccc12.O=S(=O)([O-])F. The van der Waals surface area contributed by atoms with Crippen molar-refractivity contribution in [2.24, 2.45) is 7.05 Å². The Morgan fingerprint density at radius 3 is 1.74 bits per heavy atom. The number of halogens is 1. The molecule has 4 aromatic rings. The molecule has 1 heterocycles. The minimum Gasteiger partial charge on any atom is -0.722 e. The van der Waals surface area contributed by atoms with E-state index in [4.69, 9.17) is 17.7 Å². The van der Waals surface area contributed by atoms with E-state index in [1.165, 1.54) is 0 Å². The molecule has 6 nitrogen and oxygen atoms in total. The molecule has 0 unspecified atom stereocenters. The molecular weight excluding hydrogens is 421 g/mol. The molecule has 0 fully saturated rings. The number of benzene rings is 3. The van der Waals surface area contributed by atoms with E-state index in [1.54, 1.807) is 0 Å². The summed E-state index contributed by atoms with van der Waals surface area (Å²) in [5.41, 5.74) is 4.51. The Hall–Kier alpha value is -3.36. The first-order valence-electron chi connectivity index (χ1n) is 9.31. The second-order valence-electron chi connectivity index (χ2n) is 6.97. The summed E-state index contributed by atoms with van der Waals surface area (Å²) in [6.45, 7) is 3.91. The Balaban J connectivity index is 0.000000491. The van der Waals surface area contributed by atoms with Crippen molar-refractivity contribution in [2.45, 2.75) is 13.8 Å². The molecule has 4 rings (SSSR count). The molecule has 3 aromatic carbocycles. The van der Waals surface area contributed by atoms with Crippen molar-refractivity contribution in [2.75, 3.05) is 0 Å². The lowest BCUT2D eigenvalue weighted by atomic mass is 10.0. The van der Waals surface area contributed by atoms with Crippen molar-refractivity contribution in [3.63, 3.8) is 0 Å². The number of ether oxygens (including phenoxy) is 1. The number of pyridine rings is 1.